The number of hydrogen-bond donors (Lipinski definition) is 1. The standard InChI is InChI=1S/C11H10BrN3/c1-7-2-3-8(6-9(7)12)10-4-5-14-11(13)15-10/h2-6H,1H3,(H2,13,14,15). The molecule has 0 saturated heterocycles. The van der Waals surface area contributed by atoms with Gasteiger partial charge in [-0.05, 0) is 24.6 Å². The van der Waals surface area contributed by atoms with Crippen LogP contribution in [0.5, 0.6) is 0 Å². The van der Waals surface area contributed by atoms with E-state index in [1.165, 1.54) is 5.56 Å². The Bertz CT molecular complexity index is 497. The molecule has 0 saturated carbocycles. The molecule has 15 heavy (non-hydrogen) atoms. The molecule has 4 heteroatoms. The smallest absolute Gasteiger partial charge is 0.220 e. The second-order valence-corrected chi connectivity index (χ2v) is 4.12. The highest BCUT2D eigenvalue weighted by Gasteiger charge is 2.02. The van der Waals surface area contributed by atoms with Gasteiger partial charge in [0, 0.05) is 16.2 Å². The van der Waals surface area contributed by atoms with Crippen LogP contribution < -0.4 is 5.73 Å². The van der Waals surface area contributed by atoms with Crippen LogP contribution in [0.25, 0.3) is 11.3 Å². The fourth-order valence-corrected chi connectivity index (χ4v) is 1.67. The molecule has 3 nitrogen and oxygen atoms in total. The Labute approximate surface area is 96.5 Å². The highest BCUT2D eigenvalue weighted by molar-refractivity contribution is 9.10. The van der Waals surface area contributed by atoms with E-state index >= 15 is 0 Å². The summed E-state index contributed by atoms with van der Waals surface area (Å²) >= 11 is 3.49. The highest BCUT2D eigenvalue weighted by atomic mass is 79.9. The van der Waals surface area contributed by atoms with Crippen molar-refractivity contribution in [3.8, 4) is 11.3 Å². The number of nitrogens with two attached hydrogens (primary N) is 1. The molecular formula is C11H10BrN3. The normalized spacial score (nSPS) is 10.3. The van der Waals surface area contributed by atoms with Crippen LogP contribution in [-0.2, 0) is 0 Å². The maximum atomic E-state index is 5.53. The van der Waals surface area contributed by atoms with Gasteiger partial charge >= 0.3 is 0 Å². The Balaban J connectivity index is 2.50. The molecule has 0 spiro atoms. The lowest BCUT2D eigenvalue weighted by atomic mass is 10.1. The zero-order valence-electron chi connectivity index (χ0n) is 8.24. The van der Waals surface area contributed by atoms with Gasteiger partial charge in [0.2, 0.25) is 5.95 Å². The van der Waals surface area contributed by atoms with E-state index in [1.807, 2.05) is 31.2 Å². The first-order chi connectivity index (χ1) is 7.16. The Morgan fingerprint density at radius 3 is 2.73 bits per heavy atom. The number of aromatic nitrogens is 2. The third-order valence-electron chi connectivity index (χ3n) is 2.14. The number of halogens is 1. The fraction of sp³-hybridized carbons (Fsp3) is 0.0909. The Morgan fingerprint density at radius 2 is 2.07 bits per heavy atom. The molecule has 0 amide bonds. The van der Waals surface area contributed by atoms with Crippen molar-refractivity contribution in [3.05, 3.63) is 40.5 Å². The van der Waals surface area contributed by atoms with Crippen LogP contribution in [0.4, 0.5) is 5.95 Å². The minimum absolute atomic E-state index is 0.296. The summed E-state index contributed by atoms with van der Waals surface area (Å²) in [6.07, 6.45) is 1.66. The van der Waals surface area contributed by atoms with E-state index in [0.29, 0.717) is 5.95 Å². The highest BCUT2D eigenvalue weighted by Crippen LogP contribution is 2.24. The molecule has 0 bridgehead atoms. The molecule has 2 aromatic rings. The van der Waals surface area contributed by atoms with Gasteiger partial charge in [-0.25, -0.2) is 9.97 Å². The van der Waals surface area contributed by atoms with Crippen LogP contribution in [0, 0.1) is 6.92 Å². The third-order valence-corrected chi connectivity index (χ3v) is 3.00. The largest absolute Gasteiger partial charge is 0.368 e. The second-order valence-electron chi connectivity index (χ2n) is 3.26. The third kappa shape index (κ3) is 2.15. The first-order valence-corrected chi connectivity index (χ1v) is 5.31. The summed E-state index contributed by atoms with van der Waals surface area (Å²) in [5, 5.41) is 0. The fourth-order valence-electron chi connectivity index (χ4n) is 1.29. The summed E-state index contributed by atoms with van der Waals surface area (Å²) in [6.45, 7) is 2.04. The molecule has 0 radical (unpaired) electrons. The zero-order valence-corrected chi connectivity index (χ0v) is 9.82. The average Bonchev–Trinajstić information content (AvgIpc) is 2.22. The maximum absolute atomic E-state index is 5.53. The number of nitrogen functional groups attached to an aromatic ring is 1. The topological polar surface area (TPSA) is 51.8 Å². The van der Waals surface area contributed by atoms with Gasteiger partial charge in [0.15, 0.2) is 0 Å². The lowest BCUT2D eigenvalue weighted by molar-refractivity contribution is 1.19. The predicted octanol–water partition coefficient (Wildman–Crippen LogP) is 2.80. The van der Waals surface area contributed by atoms with Crippen molar-refractivity contribution in [2.45, 2.75) is 6.92 Å². The van der Waals surface area contributed by atoms with E-state index in [-0.39, 0.29) is 0 Å². The van der Waals surface area contributed by atoms with Crippen LogP contribution in [0.2, 0.25) is 0 Å². The summed E-state index contributed by atoms with van der Waals surface area (Å²) in [4.78, 5) is 8.02. The Morgan fingerprint density at radius 1 is 1.27 bits per heavy atom. The zero-order chi connectivity index (χ0) is 10.8. The van der Waals surface area contributed by atoms with Crippen molar-refractivity contribution >= 4 is 21.9 Å². The molecular weight excluding hydrogens is 254 g/mol. The molecule has 1 aromatic carbocycles. The van der Waals surface area contributed by atoms with Crippen molar-refractivity contribution in [2.75, 3.05) is 5.73 Å². The Hall–Kier alpha value is -1.42. The molecule has 0 fully saturated rings. The van der Waals surface area contributed by atoms with Gasteiger partial charge in [-0.15, -0.1) is 0 Å². The first-order valence-electron chi connectivity index (χ1n) is 4.52. The van der Waals surface area contributed by atoms with Crippen molar-refractivity contribution in [2.24, 2.45) is 0 Å². The van der Waals surface area contributed by atoms with Gasteiger partial charge in [0.05, 0.1) is 5.69 Å². The molecule has 0 aliphatic carbocycles. The molecule has 0 aliphatic heterocycles. The second kappa shape index (κ2) is 3.98. The van der Waals surface area contributed by atoms with Crippen LogP contribution in [0.15, 0.2) is 34.9 Å². The van der Waals surface area contributed by atoms with E-state index in [4.69, 9.17) is 5.73 Å². The summed E-state index contributed by atoms with van der Waals surface area (Å²) in [5.41, 5.74) is 8.59. The van der Waals surface area contributed by atoms with Gasteiger partial charge in [0.1, 0.15) is 0 Å². The lowest BCUT2D eigenvalue weighted by Crippen LogP contribution is -1.95. The number of hydrogen-bond acceptors (Lipinski definition) is 3. The van der Waals surface area contributed by atoms with Gasteiger partial charge in [0.25, 0.3) is 0 Å². The van der Waals surface area contributed by atoms with Crippen molar-refractivity contribution < 1.29 is 0 Å². The van der Waals surface area contributed by atoms with Crippen LogP contribution in [0.1, 0.15) is 5.56 Å². The number of anilines is 1. The van der Waals surface area contributed by atoms with Crippen LogP contribution in [-0.4, -0.2) is 9.97 Å². The summed E-state index contributed by atoms with van der Waals surface area (Å²) in [5.74, 6) is 0.296. The molecule has 0 atom stereocenters. The average molecular weight is 264 g/mol. The molecule has 1 heterocycles. The molecule has 76 valence electrons. The predicted molar refractivity (Wildman–Crippen MR) is 64.3 cm³/mol. The van der Waals surface area contributed by atoms with Crippen molar-refractivity contribution in [1.82, 2.24) is 9.97 Å². The van der Waals surface area contributed by atoms with Crippen LogP contribution in [0.3, 0.4) is 0 Å². The summed E-state index contributed by atoms with van der Waals surface area (Å²) in [7, 11) is 0. The number of benzene rings is 1. The molecule has 0 aliphatic rings. The van der Waals surface area contributed by atoms with Gasteiger partial charge < -0.3 is 5.73 Å². The number of nitrogens with zero attached hydrogens (tertiary/aromatic N) is 2. The summed E-state index contributed by atoms with van der Waals surface area (Å²) < 4.78 is 1.07. The molecule has 0 unspecified atom stereocenters. The van der Waals surface area contributed by atoms with Gasteiger partial charge in [-0.3, -0.25) is 0 Å². The van der Waals surface area contributed by atoms with Gasteiger partial charge in [-0.1, -0.05) is 28.1 Å². The van der Waals surface area contributed by atoms with Gasteiger partial charge in [-0.2, -0.15) is 0 Å². The lowest BCUT2D eigenvalue weighted by Gasteiger charge is -2.03. The van der Waals surface area contributed by atoms with E-state index in [1.54, 1.807) is 6.20 Å². The summed E-state index contributed by atoms with van der Waals surface area (Å²) in [6, 6.07) is 7.92. The Kier molecular flexibility index (Phi) is 2.68. The maximum Gasteiger partial charge on any atom is 0.220 e. The minimum Gasteiger partial charge on any atom is -0.368 e. The molecule has 1 aromatic heterocycles. The number of rotatable bonds is 1. The molecule has 2 N–H and O–H groups in total. The SMILES string of the molecule is Cc1ccc(-c2ccnc(N)n2)cc1Br. The quantitative estimate of drug-likeness (QED) is 0.861. The van der Waals surface area contributed by atoms with Crippen molar-refractivity contribution in [3.63, 3.8) is 0 Å². The van der Waals surface area contributed by atoms with E-state index in [0.717, 1.165) is 15.7 Å². The van der Waals surface area contributed by atoms with Crippen LogP contribution >= 0.6 is 15.9 Å². The van der Waals surface area contributed by atoms with E-state index in [2.05, 4.69) is 25.9 Å². The van der Waals surface area contributed by atoms with E-state index in [9.17, 15) is 0 Å². The first kappa shape index (κ1) is 10.1. The monoisotopic (exact) mass is 263 g/mol. The molecule has 2 rings (SSSR count). The number of aryl methyl sites for hydroxylation is 1. The van der Waals surface area contributed by atoms with Crippen molar-refractivity contribution in [1.29, 1.82) is 0 Å². The van der Waals surface area contributed by atoms with E-state index < -0.39 is 0 Å². The minimum atomic E-state index is 0.296.